The first kappa shape index (κ1) is 24.5. The minimum atomic E-state index is -1.41. The molecule has 2 fully saturated rings. The monoisotopic (exact) mass is 507 g/mol. The van der Waals surface area contributed by atoms with Gasteiger partial charge in [-0.3, -0.25) is 34.3 Å². The zero-order chi connectivity index (χ0) is 25.4. The van der Waals surface area contributed by atoms with Crippen molar-refractivity contribution in [2.24, 2.45) is 11.8 Å². The van der Waals surface area contributed by atoms with Gasteiger partial charge < -0.3 is 4.74 Å². The van der Waals surface area contributed by atoms with Gasteiger partial charge in [0.1, 0.15) is 12.1 Å². The summed E-state index contributed by atoms with van der Waals surface area (Å²) in [7, 11) is 0. The fourth-order valence-corrected chi connectivity index (χ4v) is 6.40. The van der Waals surface area contributed by atoms with Crippen LogP contribution in [0, 0.1) is 11.8 Å². The molecule has 36 heavy (non-hydrogen) atoms. The van der Waals surface area contributed by atoms with E-state index in [-0.39, 0.29) is 43.5 Å². The number of anilines is 1. The summed E-state index contributed by atoms with van der Waals surface area (Å²) in [5.41, 5.74) is 0.635. The molecule has 3 amide bonds. The standard InChI is InChI=1S/C27H29N3O5S/c1-3-35-21(31)16-29-20-12-8-7-11-18(20)27(26(29)34)23-22(19(28-27)13-14-36-2)24(32)30(25(23)33)15-17-9-5-4-6-10-17/h4-12,19,22-23,28H,3,13-16H2,1-2H3/t19-,22+,23-,27+/m0/s1. The smallest absolute Gasteiger partial charge is 0.326 e. The maximum atomic E-state index is 14.2. The Bertz CT molecular complexity index is 1200. The van der Waals surface area contributed by atoms with Crippen LogP contribution >= 0.6 is 11.8 Å². The molecule has 2 aromatic carbocycles. The molecule has 1 spiro atoms. The highest BCUT2D eigenvalue weighted by molar-refractivity contribution is 7.98. The number of hydrogen-bond donors (Lipinski definition) is 1. The lowest BCUT2D eigenvalue weighted by molar-refractivity contribution is -0.144. The number of esters is 1. The molecule has 0 unspecified atom stereocenters. The molecule has 0 bridgehead atoms. The number of hydrogen-bond acceptors (Lipinski definition) is 7. The van der Waals surface area contributed by atoms with Crippen LogP contribution in [-0.4, -0.2) is 59.8 Å². The third-order valence-corrected chi connectivity index (χ3v) is 8.01. The predicted molar refractivity (Wildman–Crippen MR) is 136 cm³/mol. The SMILES string of the molecule is CCOC(=O)CN1C(=O)[C@@]2(N[C@@H](CCSC)[C@H]3C(=O)N(Cc4ccccc4)C(=O)[C@H]32)c2ccccc21. The Balaban J connectivity index is 1.58. The summed E-state index contributed by atoms with van der Waals surface area (Å²) in [6.07, 6.45) is 2.62. The highest BCUT2D eigenvalue weighted by atomic mass is 32.2. The van der Waals surface area contributed by atoms with E-state index in [2.05, 4.69) is 5.32 Å². The lowest BCUT2D eigenvalue weighted by Crippen LogP contribution is -2.55. The molecule has 5 rings (SSSR count). The van der Waals surface area contributed by atoms with Crippen molar-refractivity contribution in [3.8, 4) is 0 Å². The number of carbonyl (C=O) groups excluding carboxylic acids is 4. The van der Waals surface area contributed by atoms with Gasteiger partial charge in [-0.2, -0.15) is 11.8 Å². The van der Waals surface area contributed by atoms with Gasteiger partial charge in [0.2, 0.25) is 11.8 Å². The zero-order valence-corrected chi connectivity index (χ0v) is 21.1. The van der Waals surface area contributed by atoms with Crippen LogP contribution in [0.2, 0.25) is 0 Å². The van der Waals surface area contributed by atoms with Crippen molar-refractivity contribution in [1.82, 2.24) is 10.2 Å². The Hall–Kier alpha value is -3.17. The normalized spacial score (nSPS) is 26.6. The van der Waals surface area contributed by atoms with Gasteiger partial charge in [0.05, 0.1) is 25.0 Å². The van der Waals surface area contributed by atoms with Gasteiger partial charge in [-0.25, -0.2) is 0 Å². The molecular formula is C27H29N3O5S. The van der Waals surface area contributed by atoms with Crippen LogP contribution in [0.5, 0.6) is 0 Å². The summed E-state index contributed by atoms with van der Waals surface area (Å²) in [5, 5.41) is 3.46. The van der Waals surface area contributed by atoms with E-state index in [1.54, 1.807) is 30.8 Å². The number of ether oxygens (including phenoxy) is 1. The van der Waals surface area contributed by atoms with Gasteiger partial charge in [-0.1, -0.05) is 48.5 Å². The number of rotatable bonds is 8. The van der Waals surface area contributed by atoms with Crippen LogP contribution in [0.25, 0.3) is 0 Å². The Morgan fingerprint density at radius 2 is 1.75 bits per heavy atom. The second kappa shape index (κ2) is 9.71. The van der Waals surface area contributed by atoms with Crippen molar-refractivity contribution < 1.29 is 23.9 Å². The number of imide groups is 1. The van der Waals surface area contributed by atoms with Gasteiger partial charge >= 0.3 is 5.97 Å². The second-order valence-electron chi connectivity index (χ2n) is 9.31. The number of likely N-dealkylation sites (tertiary alicyclic amines) is 1. The molecule has 0 aliphatic carbocycles. The van der Waals surface area contributed by atoms with Crippen molar-refractivity contribution in [1.29, 1.82) is 0 Å². The Morgan fingerprint density at radius 3 is 2.47 bits per heavy atom. The first-order valence-corrected chi connectivity index (χ1v) is 13.6. The fraction of sp³-hybridized carbons (Fsp3) is 0.407. The molecule has 9 heteroatoms. The van der Waals surface area contributed by atoms with E-state index >= 15 is 0 Å². The second-order valence-corrected chi connectivity index (χ2v) is 10.3. The van der Waals surface area contributed by atoms with Crippen molar-refractivity contribution in [3.63, 3.8) is 0 Å². The molecule has 3 heterocycles. The number of nitrogens with one attached hydrogen (secondary N) is 1. The summed E-state index contributed by atoms with van der Waals surface area (Å²) < 4.78 is 5.12. The summed E-state index contributed by atoms with van der Waals surface area (Å²) in [6, 6.07) is 16.2. The number of benzene rings is 2. The largest absolute Gasteiger partial charge is 0.465 e. The Kier molecular flexibility index (Phi) is 6.61. The van der Waals surface area contributed by atoms with Gasteiger partial charge in [0, 0.05) is 17.3 Å². The molecule has 2 aromatic rings. The van der Waals surface area contributed by atoms with Crippen LogP contribution in [0.4, 0.5) is 5.69 Å². The summed E-state index contributed by atoms with van der Waals surface area (Å²) >= 11 is 1.65. The number of amides is 3. The van der Waals surface area contributed by atoms with Gasteiger partial charge in [-0.05, 0) is 37.0 Å². The third-order valence-electron chi connectivity index (χ3n) is 7.37. The molecule has 0 radical (unpaired) electrons. The van der Waals surface area contributed by atoms with Crippen molar-refractivity contribution in [2.75, 3.05) is 30.1 Å². The molecule has 188 valence electrons. The molecule has 4 atom stereocenters. The van der Waals surface area contributed by atoms with E-state index in [4.69, 9.17) is 4.74 Å². The maximum absolute atomic E-state index is 14.2. The topological polar surface area (TPSA) is 96.0 Å². The third kappa shape index (κ3) is 3.72. The predicted octanol–water partition coefficient (Wildman–Crippen LogP) is 2.32. The minimum Gasteiger partial charge on any atom is -0.465 e. The van der Waals surface area contributed by atoms with Crippen molar-refractivity contribution >= 4 is 41.1 Å². The van der Waals surface area contributed by atoms with Gasteiger partial charge in [-0.15, -0.1) is 0 Å². The van der Waals surface area contributed by atoms with Crippen LogP contribution < -0.4 is 10.2 Å². The van der Waals surface area contributed by atoms with E-state index in [0.29, 0.717) is 17.7 Å². The Morgan fingerprint density at radius 1 is 1.03 bits per heavy atom. The Labute approximate surface area is 214 Å². The summed E-state index contributed by atoms with van der Waals surface area (Å²) in [4.78, 5) is 57.0. The molecule has 3 aliphatic rings. The number of thioether (sulfide) groups is 1. The highest BCUT2D eigenvalue weighted by Crippen LogP contribution is 2.55. The fourth-order valence-electron chi connectivity index (χ4n) is 5.91. The van der Waals surface area contributed by atoms with Crippen molar-refractivity contribution in [3.05, 3.63) is 65.7 Å². The first-order chi connectivity index (χ1) is 17.4. The molecule has 1 N–H and O–H groups in total. The molecular weight excluding hydrogens is 478 g/mol. The lowest BCUT2D eigenvalue weighted by atomic mass is 9.76. The molecule has 2 saturated heterocycles. The quantitative estimate of drug-likeness (QED) is 0.433. The number of para-hydroxylation sites is 1. The van der Waals surface area contributed by atoms with E-state index in [1.165, 1.54) is 9.80 Å². The molecule has 0 saturated carbocycles. The van der Waals surface area contributed by atoms with E-state index in [0.717, 1.165) is 11.3 Å². The molecule has 0 aromatic heterocycles. The van der Waals surface area contributed by atoms with Crippen LogP contribution in [0.3, 0.4) is 0 Å². The first-order valence-electron chi connectivity index (χ1n) is 12.2. The van der Waals surface area contributed by atoms with Crippen LogP contribution in [0.15, 0.2) is 54.6 Å². The lowest BCUT2D eigenvalue weighted by Gasteiger charge is -2.30. The van der Waals surface area contributed by atoms with Crippen LogP contribution in [-0.2, 0) is 36.0 Å². The van der Waals surface area contributed by atoms with E-state index < -0.39 is 23.3 Å². The van der Waals surface area contributed by atoms with Gasteiger partial charge in [0.15, 0.2) is 0 Å². The maximum Gasteiger partial charge on any atom is 0.326 e. The highest BCUT2D eigenvalue weighted by Gasteiger charge is 2.71. The van der Waals surface area contributed by atoms with Crippen molar-refractivity contribution in [2.45, 2.75) is 31.5 Å². The molecule has 8 nitrogen and oxygen atoms in total. The summed E-state index contributed by atoms with van der Waals surface area (Å²) in [5.74, 6) is -2.28. The summed E-state index contributed by atoms with van der Waals surface area (Å²) in [6.45, 7) is 1.83. The number of nitrogens with zero attached hydrogens (tertiary/aromatic N) is 2. The number of fused-ring (bicyclic) bond motifs is 4. The van der Waals surface area contributed by atoms with E-state index in [9.17, 15) is 19.2 Å². The van der Waals surface area contributed by atoms with Crippen LogP contribution in [0.1, 0.15) is 24.5 Å². The zero-order valence-electron chi connectivity index (χ0n) is 20.3. The molecule has 3 aliphatic heterocycles. The van der Waals surface area contributed by atoms with E-state index in [1.807, 2.05) is 48.7 Å². The minimum absolute atomic E-state index is 0.166. The average molecular weight is 508 g/mol. The average Bonchev–Trinajstić information content (AvgIpc) is 3.44. The van der Waals surface area contributed by atoms with Gasteiger partial charge in [0.25, 0.3) is 5.91 Å². The number of carbonyl (C=O) groups is 4.